The molecule has 0 saturated carbocycles. The summed E-state index contributed by atoms with van der Waals surface area (Å²) in [7, 11) is -3.54. The van der Waals surface area contributed by atoms with Crippen LogP contribution in [0.3, 0.4) is 0 Å². The molecule has 0 fully saturated rings. The van der Waals surface area contributed by atoms with Gasteiger partial charge in [0.2, 0.25) is 10.0 Å². The summed E-state index contributed by atoms with van der Waals surface area (Å²) >= 11 is 1.36. The predicted molar refractivity (Wildman–Crippen MR) is 81.8 cm³/mol. The van der Waals surface area contributed by atoms with E-state index in [1.807, 2.05) is 24.3 Å². The molecule has 1 unspecified atom stereocenters. The van der Waals surface area contributed by atoms with Gasteiger partial charge in [-0.3, -0.25) is 0 Å². The van der Waals surface area contributed by atoms with Crippen molar-refractivity contribution < 1.29 is 13.2 Å². The number of nitrogens with two attached hydrogens (primary N) is 1. The molecule has 3 rings (SSSR count). The minimum atomic E-state index is -3.54. The van der Waals surface area contributed by atoms with Gasteiger partial charge in [0.15, 0.2) is 0 Å². The van der Waals surface area contributed by atoms with Crippen molar-refractivity contribution in [3.05, 3.63) is 46.2 Å². The summed E-state index contributed by atoms with van der Waals surface area (Å²) in [5, 5.41) is 1.62. The fourth-order valence-electron chi connectivity index (χ4n) is 2.33. The molecule has 3 N–H and O–H groups in total. The van der Waals surface area contributed by atoms with E-state index in [4.69, 9.17) is 10.5 Å². The molecule has 1 aliphatic heterocycles. The van der Waals surface area contributed by atoms with Gasteiger partial charge in [0.25, 0.3) is 0 Å². The standard InChI is InChI=1S/C14H16N2O3S2/c15-8-10-7-11(9-20-10)21(17,18)16-13-5-6-19-14-4-2-1-3-12(13)14/h1-4,7,9,13,16H,5-6,8,15H2. The number of sulfonamides is 1. The molecule has 1 aliphatic rings. The molecule has 0 saturated heterocycles. The molecule has 112 valence electrons. The summed E-state index contributed by atoms with van der Waals surface area (Å²) in [5.41, 5.74) is 6.41. The largest absolute Gasteiger partial charge is 0.493 e. The summed E-state index contributed by atoms with van der Waals surface area (Å²) < 4.78 is 33.2. The summed E-state index contributed by atoms with van der Waals surface area (Å²) in [6.07, 6.45) is 0.615. The number of rotatable bonds is 4. The monoisotopic (exact) mass is 324 g/mol. The number of para-hydroxylation sites is 1. The lowest BCUT2D eigenvalue weighted by molar-refractivity contribution is 0.263. The van der Waals surface area contributed by atoms with Gasteiger partial charge in [-0.2, -0.15) is 0 Å². The number of fused-ring (bicyclic) bond motifs is 1. The molecule has 7 heteroatoms. The summed E-state index contributed by atoms with van der Waals surface area (Å²) in [4.78, 5) is 1.12. The molecule has 0 spiro atoms. The van der Waals surface area contributed by atoms with Gasteiger partial charge in [-0.1, -0.05) is 18.2 Å². The van der Waals surface area contributed by atoms with Crippen molar-refractivity contribution >= 4 is 21.4 Å². The molecule has 1 aromatic carbocycles. The van der Waals surface area contributed by atoms with Crippen LogP contribution in [0.1, 0.15) is 22.9 Å². The Morgan fingerprint density at radius 2 is 2.19 bits per heavy atom. The van der Waals surface area contributed by atoms with Crippen molar-refractivity contribution in [3.63, 3.8) is 0 Å². The first-order valence-corrected chi connectivity index (χ1v) is 8.98. The summed E-state index contributed by atoms with van der Waals surface area (Å²) in [6.45, 7) is 0.849. The van der Waals surface area contributed by atoms with E-state index in [1.165, 1.54) is 11.3 Å². The number of thiophene rings is 1. The molecule has 0 aliphatic carbocycles. The number of benzene rings is 1. The first-order valence-electron chi connectivity index (χ1n) is 6.61. The predicted octanol–water partition coefficient (Wildman–Crippen LogP) is 2.01. The molecule has 5 nitrogen and oxygen atoms in total. The van der Waals surface area contributed by atoms with Crippen molar-refractivity contribution in [2.75, 3.05) is 6.61 Å². The fraction of sp³-hybridized carbons (Fsp3) is 0.286. The molecule has 21 heavy (non-hydrogen) atoms. The van der Waals surface area contributed by atoms with Gasteiger partial charge < -0.3 is 10.5 Å². The Kier molecular flexibility index (Phi) is 3.99. The molecule has 0 bridgehead atoms. The fourth-order valence-corrected chi connectivity index (χ4v) is 4.73. The minimum Gasteiger partial charge on any atom is -0.493 e. The highest BCUT2D eigenvalue weighted by Crippen LogP contribution is 2.33. The van der Waals surface area contributed by atoms with Crippen LogP contribution < -0.4 is 15.2 Å². The van der Waals surface area contributed by atoms with Crippen LogP contribution in [0.4, 0.5) is 0 Å². The highest BCUT2D eigenvalue weighted by molar-refractivity contribution is 7.89. The Labute approximate surface area is 127 Å². The third-order valence-electron chi connectivity index (χ3n) is 3.40. The van der Waals surface area contributed by atoms with Crippen molar-refractivity contribution in [1.29, 1.82) is 0 Å². The zero-order chi connectivity index (χ0) is 14.9. The third kappa shape index (κ3) is 2.96. The van der Waals surface area contributed by atoms with Gasteiger partial charge in [0.05, 0.1) is 17.5 Å². The lowest BCUT2D eigenvalue weighted by Gasteiger charge is -2.26. The highest BCUT2D eigenvalue weighted by atomic mass is 32.2. The van der Waals surface area contributed by atoms with E-state index < -0.39 is 10.0 Å². The van der Waals surface area contributed by atoms with Crippen LogP contribution in [0, 0.1) is 0 Å². The smallest absolute Gasteiger partial charge is 0.241 e. The van der Waals surface area contributed by atoms with Crippen molar-refractivity contribution in [2.24, 2.45) is 5.73 Å². The molecular formula is C14H16N2O3S2. The van der Waals surface area contributed by atoms with Crippen molar-refractivity contribution in [1.82, 2.24) is 4.72 Å². The molecule has 0 radical (unpaired) electrons. The topological polar surface area (TPSA) is 81.4 Å². The van der Waals surface area contributed by atoms with Gasteiger partial charge in [-0.05, 0) is 12.1 Å². The molecule has 2 aromatic rings. The molecule has 1 atom stereocenters. The lowest BCUT2D eigenvalue weighted by atomic mass is 10.0. The maximum absolute atomic E-state index is 12.5. The Hall–Kier alpha value is -1.41. The SMILES string of the molecule is NCc1cc(S(=O)(=O)NC2CCOc3ccccc32)cs1. The van der Waals surface area contributed by atoms with Crippen LogP contribution in [0.2, 0.25) is 0 Å². The van der Waals surface area contributed by atoms with Gasteiger partial charge in [-0.15, -0.1) is 11.3 Å². The zero-order valence-corrected chi connectivity index (χ0v) is 12.9. The van der Waals surface area contributed by atoms with Crippen LogP contribution in [0.15, 0.2) is 40.6 Å². The Balaban J connectivity index is 1.86. The second-order valence-corrected chi connectivity index (χ2v) is 7.51. The Morgan fingerprint density at radius 1 is 1.38 bits per heavy atom. The minimum absolute atomic E-state index is 0.263. The molecule has 2 heterocycles. The number of hydrogen-bond donors (Lipinski definition) is 2. The lowest BCUT2D eigenvalue weighted by Crippen LogP contribution is -2.32. The van der Waals surface area contributed by atoms with E-state index in [2.05, 4.69) is 4.72 Å². The number of hydrogen-bond acceptors (Lipinski definition) is 5. The van der Waals surface area contributed by atoms with E-state index in [-0.39, 0.29) is 10.9 Å². The van der Waals surface area contributed by atoms with Crippen molar-refractivity contribution in [3.8, 4) is 5.75 Å². The average molecular weight is 324 g/mol. The number of nitrogens with one attached hydrogen (secondary N) is 1. The van der Waals surface area contributed by atoms with Crippen LogP contribution in [0.5, 0.6) is 5.75 Å². The second kappa shape index (κ2) is 5.76. The van der Waals surface area contributed by atoms with Gasteiger partial charge in [0, 0.05) is 28.8 Å². The van der Waals surface area contributed by atoms with E-state index in [0.29, 0.717) is 19.6 Å². The van der Waals surface area contributed by atoms with Gasteiger partial charge in [0.1, 0.15) is 5.75 Å². The molecular weight excluding hydrogens is 308 g/mol. The first kappa shape index (κ1) is 14.5. The summed E-state index contributed by atoms with van der Waals surface area (Å²) in [5.74, 6) is 0.740. The van der Waals surface area contributed by atoms with E-state index in [0.717, 1.165) is 16.2 Å². The average Bonchev–Trinajstić information content (AvgIpc) is 2.97. The first-order chi connectivity index (χ1) is 10.1. The highest BCUT2D eigenvalue weighted by Gasteiger charge is 2.27. The third-order valence-corrected chi connectivity index (χ3v) is 5.96. The van der Waals surface area contributed by atoms with Crippen LogP contribution in [-0.2, 0) is 16.6 Å². The molecule has 1 aromatic heterocycles. The van der Waals surface area contributed by atoms with Crippen molar-refractivity contribution in [2.45, 2.75) is 23.9 Å². The maximum atomic E-state index is 12.5. The van der Waals surface area contributed by atoms with Crippen LogP contribution >= 0.6 is 11.3 Å². The Morgan fingerprint density at radius 3 is 2.95 bits per heavy atom. The van der Waals surface area contributed by atoms with Gasteiger partial charge in [-0.25, -0.2) is 13.1 Å². The second-order valence-electron chi connectivity index (χ2n) is 4.80. The van der Waals surface area contributed by atoms with E-state index in [1.54, 1.807) is 11.4 Å². The zero-order valence-electron chi connectivity index (χ0n) is 11.3. The van der Waals surface area contributed by atoms with Crippen LogP contribution in [-0.4, -0.2) is 15.0 Å². The normalized spacial score (nSPS) is 18.0. The quantitative estimate of drug-likeness (QED) is 0.901. The van der Waals surface area contributed by atoms with E-state index >= 15 is 0 Å². The maximum Gasteiger partial charge on any atom is 0.241 e. The summed E-state index contributed by atoms with van der Waals surface area (Å²) in [6, 6.07) is 8.86. The Bertz CT molecular complexity index is 740. The van der Waals surface area contributed by atoms with Gasteiger partial charge >= 0.3 is 0 Å². The van der Waals surface area contributed by atoms with Crippen LogP contribution in [0.25, 0.3) is 0 Å². The van der Waals surface area contributed by atoms with E-state index in [9.17, 15) is 8.42 Å². The molecule has 0 amide bonds. The number of ether oxygens (including phenoxy) is 1.